The summed E-state index contributed by atoms with van der Waals surface area (Å²) in [6, 6.07) is 9.07. The Morgan fingerprint density at radius 2 is 2.08 bits per heavy atom. The Kier molecular flexibility index (Phi) is 5.20. The van der Waals surface area contributed by atoms with Crippen LogP contribution in [0.1, 0.15) is 43.1 Å². The van der Waals surface area contributed by atoms with Gasteiger partial charge >= 0.3 is 0 Å². The van der Waals surface area contributed by atoms with E-state index in [2.05, 4.69) is 20.8 Å². The highest BCUT2D eigenvalue weighted by atomic mass is 16.3. The molecule has 0 spiro atoms. The Morgan fingerprint density at radius 3 is 2.75 bits per heavy atom. The van der Waals surface area contributed by atoms with Crippen LogP contribution < -0.4 is 5.32 Å². The van der Waals surface area contributed by atoms with E-state index in [4.69, 9.17) is 0 Å². The highest BCUT2D eigenvalue weighted by Gasteiger charge is 2.30. The highest BCUT2D eigenvalue weighted by Crippen LogP contribution is 2.20. The van der Waals surface area contributed by atoms with E-state index in [1.54, 1.807) is 11.6 Å². The number of nitrogens with zero attached hydrogens (tertiary/aromatic N) is 4. The van der Waals surface area contributed by atoms with E-state index in [9.17, 15) is 9.90 Å². The Morgan fingerprint density at radius 1 is 1.33 bits per heavy atom. The summed E-state index contributed by atoms with van der Waals surface area (Å²) in [5, 5.41) is 24.6. The summed E-state index contributed by atoms with van der Waals surface area (Å²) in [5.74, 6) is 0.440. The van der Waals surface area contributed by atoms with Gasteiger partial charge in [0.2, 0.25) is 5.91 Å². The van der Waals surface area contributed by atoms with Crippen LogP contribution in [0.25, 0.3) is 0 Å². The molecule has 2 N–H and O–H groups in total. The third kappa shape index (κ3) is 3.79. The maximum atomic E-state index is 12.9. The zero-order chi connectivity index (χ0) is 16.9. The van der Waals surface area contributed by atoms with Crippen molar-refractivity contribution in [2.75, 3.05) is 0 Å². The van der Waals surface area contributed by atoms with E-state index in [1.807, 2.05) is 30.3 Å². The first-order valence-corrected chi connectivity index (χ1v) is 8.42. The normalized spacial score (nSPS) is 22.1. The summed E-state index contributed by atoms with van der Waals surface area (Å²) in [7, 11) is 0. The maximum Gasteiger partial charge on any atom is 0.245 e. The zero-order valence-electron chi connectivity index (χ0n) is 13.8. The van der Waals surface area contributed by atoms with E-state index in [1.165, 1.54) is 0 Å². The molecule has 3 unspecified atom stereocenters. The largest absolute Gasteiger partial charge is 0.391 e. The van der Waals surface area contributed by atoms with Crippen molar-refractivity contribution in [3.05, 3.63) is 41.7 Å². The van der Waals surface area contributed by atoms with Gasteiger partial charge in [0.1, 0.15) is 11.9 Å². The Balaban J connectivity index is 1.78. The number of rotatable bonds is 5. The van der Waals surface area contributed by atoms with E-state index >= 15 is 0 Å². The van der Waals surface area contributed by atoms with Crippen molar-refractivity contribution >= 4 is 5.91 Å². The van der Waals surface area contributed by atoms with Gasteiger partial charge in [-0.1, -0.05) is 43.2 Å². The predicted molar refractivity (Wildman–Crippen MR) is 88.1 cm³/mol. The lowest BCUT2D eigenvalue weighted by atomic mass is 9.92. The molecule has 7 heteroatoms. The number of nitrogens with one attached hydrogen (secondary N) is 1. The van der Waals surface area contributed by atoms with Gasteiger partial charge in [0.25, 0.3) is 0 Å². The van der Waals surface area contributed by atoms with Gasteiger partial charge in [-0.05, 0) is 35.8 Å². The Hall–Kier alpha value is -2.28. The van der Waals surface area contributed by atoms with Crippen LogP contribution in [0.2, 0.25) is 0 Å². The van der Waals surface area contributed by atoms with Crippen molar-refractivity contribution in [1.82, 2.24) is 25.5 Å². The molecule has 3 rings (SSSR count). The van der Waals surface area contributed by atoms with Gasteiger partial charge in [-0.3, -0.25) is 4.79 Å². The van der Waals surface area contributed by atoms with Gasteiger partial charge in [0.15, 0.2) is 0 Å². The molecule has 24 heavy (non-hydrogen) atoms. The van der Waals surface area contributed by atoms with E-state index in [-0.39, 0.29) is 11.9 Å². The number of aromatic nitrogens is 4. The number of tetrazole rings is 1. The van der Waals surface area contributed by atoms with Crippen LogP contribution in [-0.4, -0.2) is 43.4 Å². The molecule has 1 aliphatic carbocycles. The Labute approximate surface area is 141 Å². The number of benzene rings is 1. The summed E-state index contributed by atoms with van der Waals surface area (Å²) in [6.45, 7) is 1.78. The van der Waals surface area contributed by atoms with Gasteiger partial charge < -0.3 is 10.4 Å². The molecule has 1 saturated carbocycles. The van der Waals surface area contributed by atoms with Crippen molar-refractivity contribution in [1.29, 1.82) is 0 Å². The molecule has 7 nitrogen and oxygen atoms in total. The predicted octanol–water partition coefficient (Wildman–Crippen LogP) is 1.19. The molecule has 0 aliphatic heterocycles. The number of aliphatic hydroxyl groups excluding tert-OH is 1. The third-order valence-corrected chi connectivity index (χ3v) is 4.58. The summed E-state index contributed by atoms with van der Waals surface area (Å²) in [5.41, 5.74) is 1.04. The molecule has 2 aromatic rings. The fraction of sp³-hybridized carbons (Fsp3) is 0.529. The molecule has 1 heterocycles. The van der Waals surface area contributed by atoms with Gasteiger partial charge in [0.05, 0.1) is 12.1 Å². The second kappa shape index (κ2) is 7.53. The Bertz CT molecular complexity index is 673. The number of carbonyl (C=O) groups excluding carboxylic acids is 1. The van der Waals surface area contributed by atoms with Crippen LogP contribution in [0, 0.1) is 6.92 Å². The van der Waals surface area contributed by atoms with Crippen LogP contribution in [0.4, 0.5) is 0 Å². The molecule has 1 aromatic carbocycles. The maximum absolute atomic E-state index is 12.9. The van der Waals surface area contributed by atoms with Gasteiger partial charge in [-0.25, -0.2) is 4.68 Å². The molecule has 0 radical (unpaired) electrons. The fourth-order valence-corrected chi connectivity index (χ4v) is 3.21. The third-order valence-electron chi connectivity index (χ3n) is 4.58. The summed E-state index contributed by atoms with van der Waals surface area (Å²) >= 11 is 0. The lowest BCUT2D eigenvalue weighted by Gasteiger charge is -2.30. The molecule has 1 aliphatic rings. The zero-order valence-corrected chi connectivity index (χ0v) is 13.8. The molecule has 1 aromatic heterocycles. The molecule has 0 bridgehead atoms. The van der Waals surface area contributed by atoms with Crippen molar-refractivity contribution in [3.63, 3.8) is 0 Å². The minimum atomic E-state index is -0.531. The lowest BCUT2D eigenvalue weighted by molar-refractivity contribution is -0.126. The molecule has 1 amide bonds. The van der Waals surface area contributed by atoms with Crippen LogP contribution in [0.3, 0.4) is 0 Å². The number of carbonyl (C=O) groups is 1. The molecule has 3 atom stereocenters. The monoisotopic (exact) mass is 329 g/mol. The van der Waals surface area contributed by atoms with Crippen molar-refractivity contribution in [3.8, 4) is 0 Å². The minimum absolute atomic E-state index is 0.153. The molecular formula is C17H23N5O2. The minimum Gasteiger partial charge on any atom is -0.391 e. The average Bonchev–Trinajstić information content (AvgIpc) is 3.01. The van der Waals surface area contributed by atoms with E-state index < -0.39 is 12.1 Å². The molecule has 0 saturated heterocycles. The van der Waals surface area contributed by atoms with Gasteiger partial charge in [-0.15, -0.1) is 5.10 Å². The summed E-state index contributed by atoms with van der Waals surface area (Å²) < 4.78 is 1.55. The van der Waals surface area contributed by atoms with Crippen molar-refractivity contribution < 1.29 is 9.90 Å². The molecule has 1 fully saturated rings. The van der Waals surface area contributed by atoms with Crippen LogP contribution in [0.5, 0.6) is 0 Å². The number of aliphatic hydroxyl groups is 1. The average molecular weight is 329 g/mol. The van der Waals surface area contributed by atoms with Crippen molar-refractivity contribution in [2.24, 2.45) is 0 Å². The lowest BCUT2D eigenvalue weighted by Crippen LogP contribution is -2.48. The summed E-state index contributed by atoms with van der Waals surface area (Å²) in [4.78, 5) is 12.9. The number of hydrogen-bond acceptors (Lipinski definition) is 5. The second-order valence-electron chi connectivity index (χ2n) is 6.34. The standard InChI is InChI=1S/C17H23N5O2/c1-12-19-20-21-22(12)15(11-13-7-3-2-4-8-13)17(24)18-14-9-5-6-10-16(14)23/h2-4,7-8,14-16,23H,5-6,9-11H2,1H3,(H,18,24). The second-order valence-corrected chi connectivity index (χ2v) is 6.34. The van der Waals surface area contributed by atoms with Crippen LogP contribution in [-0.2, 0) is 11.2 Å². The van der Waals surface area contributed by atoms with E-state index in [0.29, 0.717) is 12.2 Å². The number of amides is 1. The summed E-state index contributed by atoms with van der Waals surface area (Å²) in [6.07, 6.45) is 3.59. The van der Waals surface area contributed by atoms with Crippen molar-refractivity contribution in [2.45, 2.75) is 57.2 Å². The molecule has 128 valence electrons. The first-order chi connectivity index (χ1) is 11.6. The SMILES string of the molecule is Cc1nnnn1C(Cc1ccccc1)C(=O)NC1CCCCC1O. The highest BCUT2D eigenvalue weighted by molar-refractivity contribution is 5.81. The van der Waals surface area contributed by atoms with Gasteiger partial charge in [-0.2, -0.15) is 0 Å². The number of aryl methyl sites for hydroxylation is 1. The first kappa shape index (κ1) is 16.6. The van der Waals surface area contributed by atoms with Crippen LogP contribution >= 0.6 is 0 Å². The van der Waals surface area contributed by atoms with Crippen LogP contribution in [0.15, 0.2) is 30.3 Å². The van der Waals surface area contributed by atoms with Gasteiger partial charge in [0, 0.05) is 6.42 Å². The fourth-order valence-electron chi connectivity index (χ4n) is 3.21. The first-order valence-electron chi connectivity index (χ1n) is 8.42. The quantitative estimate of drug-likeness (QED) is 0.859. The number of hydrogen-bond donors (Lipinski definition) is 2. The smallest absolute Gasteiger partial charge is 0.245 e. The van der Waals surface area contributed by atoms with E-state index in [0.717, 1.165) is 31.2 Å². The molecular weight excluding hydrogens is 306 g/mol. The topological polar surface area (TPSA) is 92.9 Å².